The van der Waals surface area contributed by atoms with Crippen LogP contribution in [0.3, 0.4) is 0 Å². The lowest BCUT2D eigenvalue weighted by Gasteiger charge is -2.23. The zero-order valence-electron chi connectivity index (χ0n) is 10.8. The van der Waals surface area contributed by atoms with Gasteiger partial charge in [-0.1, -0.05) is 30.3 Å². The Bertz CT molecular complexity index is 323. The number of rotatable bonds is 6. The first kappa shape index (κ1) is 13.9. The number of hydrogen-bond acceptors (Lipinski definition) is 3. The molecule has 0 amide bonds. The largest absolute Gasteiger partial charge is 0.381 e. The predicted molar refractivity (Wildman–Crippen MR) is 77.4 cm³/mol. The molecule has 1 atom stereocenters. The van der Waals surface area contributed by atoms with Crippen molar-refractivity contribution in [3.63, 3.8) is 0 Å². The minimum absolute atomic E-state index is 0.398. The van der Waals surface area contributed by atoms with E-state index in [4.69, 9.17) is 9.47 Å². The van der Waals surface area contributed by atoms with E-state index >= 15 is 0 Å². The van der Waals surface area contributed by atoms with Crippen LogP contribution in [-0.2, 0) is 9.47 Å². The molecule has 2 rings (SSSR count). The second-order valence-corrected chi connectivity index (χ2v) is 5.25. The molecule has 18 heavy (non-hydrogen) atoms. The fraction of sp³-hybridized carbons (Fsp3) is 0.600. The standard InChI is InChI=1S/C15H22O2S/c18-12-15(14-4-2-1-3-5-14)11-17-10-13-6-8-16-9-7-13/h1-5,13,15,18H,6-12H2. The minimum Gasteiger partial charge on any atom is -0.381 e. The molecule has 1 aliphatic heterocycles. The molecule has 1 aliphatic rings. The Morgan fingerprint density at radius 2 is 1.94 bits per heavy atom. The maximum absolute atomic E-state index is 5.88. The number of hydrogen-bond donors (Lipinski definition) is 1. The lowest BCUT2D eigenvalue weighted by atomic mass is 10.0. The van der Waals surface area contributed by atoms with E-state index in [1.54, 1.807) is 0 Å². The third-order valence-corrected chi connectivity index (χ3v) is 3.95. The molecule has 3 heteroatoms. The van der Waals surface area contributed by atoms with Gasteiger partial charge in [-0.05, 0) is 30.1 Å². The van der Waals surface area contributed by atoms with Crippen molar-refractivity contribution in [3.05, 3.63) is 35.9 Å². The molecule has 1 fully saturated rings. The van der Waals surface area contributed by atoms with Gasteiger partial charge in [-0.25, -0.2) is 0 Å². The van der Waals surface area contributed by atoms with Crippen molar-refractivity contribution in [1.82, 2.24) is 0 Å². The summed E-state index contributed by atoms with van der Waals surface area (Å²) < 4.78 is 11.2. The Morgan fingerprint density at radius 3 is 2.61 bits per heavy atom. The molecule has 0 spiro atoms. The van der Waals surface area contributed by atoms with Crippen molar-refractivity contribution in [2.75, 3.05) is 32.2 Å². The first-order valence-electron chi connectivity index (χ1n) is 6.71. The zero-order chi connectivity index (χ0) is 12.6. The van der Waals surface area contributed by atoms with Crippen LogP contribution in [0, 0.1) is 5.92 Å². The first-order chi connectivity index (χ1) is 8.90. The summed E-state index contributed by atoms with van der Waals surface area (Å²) in [5, 5.41) is 0. The number of thiol groups is 1. The Hall–Kier alpha value is -0.510. The minimum atomic E-state index is 0.398. The zero-order valence-corrected chi connectivity index (χ0v) is 11.6. The van der Waals surface area contributed by atoms with Crippen molar-refractivity contribution >= 4 is 12.6 Å². The van der Waals surface area contributed by atoms with Gasteiger partial charge in [0.1, 0.15) is 0 Å². The Kier molecular flexibility index (Phi) is 6.05. The average molecular weight is 266 g/mol. The van der Waals surface area contributed by atoms with Crippen LogP contribution in [0.4, 0.5) is 0 Å². The summed E-state index contributed by atoms with van der Waals surface area (Å²) in [5.74, 6) is 1.90. The van der Waals surface area contributed by atoms with Crippen molar-refractivity contribution in [2.45, 2.75) is 18.8 Å². The predicted octanol–water partition coefficient (Wildman–Crippen LogP) is 3.14. The summed E-state index contributed by atoms with van der Waals surface area (Å²) in [6, 6.07) is 10.5. The van der Waals surface area contributed by atoms with Gasteiger partial charge in [0.15, 0.2) is 0 Å². The summed E-state index contributed by atoms with van der Waals surface area (Å²) in [7, 11) is 0. The fourth-order valence-corrected chi connectivity index (χ4v) is 2.59. The first-order valence-corrected chi connectivity index (χ1v) is 7.34. The van der Waals surface area contributed by atoms with Crippen molar-refractivity contribution in [3.8, 4) is 0 Å². The fourth-order valence-electron chi connectivity index (χ4n) is 2.27. The molecule has 0 aromatic heterocycles. The van der Waals surface area contributed by atoms with Crippen LogP contribution < -0.4 is 0 Å². The van der Waals surface area contributed by atoms with Gasteiger partial charge < -0.3 is 9.47 Å². The van der Waals surface area contributed by atoms with Crippen molar-refractivity contribution < 1.29 is 9.47 Å². The molecule has 100 valence electrons. The van der Waals surface area contributed by atoms with Gasteiger partial charge in [-0.3, -0.25) is 0 Å². The molecular weight excluding hydrogens is 244 g/mol. The normalized spacial score (nSPS) is 18.7. The summed E-state index contributed by atoms with van der Waals surface area (Å²) in [5.41, 5.74) is 1.32. The molecule has 1 aromatic rings. The van der Waals surface area contributed by atoms with Crippen LogP contribution in [0.25, 0.3) is 0 Å². The van der Waals surface area contributed by atoms with Gasteiger partial charge in [-0.2, -0.15) is 12.6 Å². The van der Waals surface area contributed by atoms with Crippen molar-refractivity contribution in [1.29, 1.82) is 0 Å². The van der Waals surface area contributed by atoms with Crippen LogP contribution in [0.1, 0.15) is 24.3 Å². The van der Waals surface area contributed by atoms with E-state index in [9.17, 15) is 0 Å². The second-order valence-electron chi connectivity index (χ2n) is 4.88. The third-order valence-electron chi connectivity index (χ3n) is 3.50. The quantitative estimate of drug-likeness (QED) is 0.797. The Balaban J connectivity index is 1.73. The molecule has 0 bridgehead atoms. The van der Waals surface area contributed by atoms with Gasteiger partial charge in [-0.15, -0.1) is 0 Å². The molecule has 0 saturated carbocycles. The third kappa shape index (κ3) is 4.30. The van der Waals surface area contributed by atoms with E-state index in [0.717, 1.165) is 45.0 Å². The Morgan fingerprint density at radius 1 is 1.22 bits per heavy atom. The molecule has 2 nitrogen and oxygen atoms in total. The van der Waals surface area contributed by atoms with E-state index < -0.39 is 0 Å². The van der Waals surface area contributed by atoms with Crippen molar-refractivity contribution in [2.24, 2.45) is 5.92 Å². The van der Waals surface area contributed by atoms with Gasteiger partial charge >= 0.3 is 0 Å². The summed E-state index contributed by atoms with van der Waals surface area (Å²) >= 11 is 4.43. The van der Waals surface area contributed by atoms with Crippen LogP contribution >= 0.6 is 12.6 Å². The van der Waals surface area contributed by atoms with E-state index in [-0.39, 0.29) is 0 Å². The maximum Gasteiger partial charge on any atom is 0.0542 e. The summed E-state index contributed by atoms with van der Waals surface area (Å²) in [6.07, 6.45) is 2.27. The lowest BCUT2D eigenvalue weighted by molar-refractivity contribution is 0.0183. The monoisotopic (exact) mass is 266 g/mol. The highest BCUT2D eigenvalue weighted by Gasteiger charge is 2.15. The summed E-state index contributed by atoms with van der Waals surface area (Å²) in [6.45, 7) is 3.41. The highest BCUT2D eigenvalue weighted by atomic mass is 32.1. The molecule has 0 radical (unpaired) electrons. The lowest BCUT2D eigenvalue weighted by Crippen LogP contribution is -2.21. The van der Waals surface area contributed by atoms with Crippen LogP contribution in [0.5, 0.6) is 0 Å². The Labute approximate surface area is 115 Å². The van der Waals surface area contributed by atoms with E-state index in [1.165, 1.54) is 5.56 Å². The number of benzene rings is 1. The van der Waals surface area contributed by atoms with E-state index in [2.05, 4.69) is 36.9 Å². The molecule has 1 aromatic carbocycles. The summed E-state index contributed by atoms with van der Waals surface area (Å²) in [4.78, 5) is 0. The highest BCUT2D eigenvalue weighted by Crippen LogP contribution is 2.19. The molecule has 1 unspecified atom stereocenters. The maximum atomic E-state index is 5.88. The van der Waals surface area contributed by atoms with Gasteiger partial charge in [0.25, 0.3) is 0 Å². The SMILES string of the molecule is SCC(COCC1CCOCC1)c1ccccc1. The molecular formula is C15H22O2S. The van der Waals surface area contributed by atoms with E-state index in [1.807, 2.05) is 6.07 Å². The molecule has 0 aliphatic carbocycles. The molecule has 1 heterocycles. The second kappa shape index (κ2) is 7.82. The topological polar surface area (TPSA) is 18.5 Å². The van der Waals surface area contributed by atoms with Gasteiger partial charge in [0, 0.05) is 25.7 Å². The van der Waals surface area contributed by atoms with Gasteiger partial charge in [0.05, 0.1) is 6.61 Å². The van der Waals surface area contributed by atoms with E-state index in [0.29, 0.717) is 11.8 Å². The van der Waals surface area contributed by atoms with Crippen LogP contribution in [0.2, 0.25) is 0 Å². The van der Waals surface area contributed by atoms with Crippen LogP contribution in [-0.4, -0.2) is 32.2 Å². The average Bonchev–Trinajstić information content (AvgIpc) is 2.46. The highest BCUT2D eigenvalue weighted by molar-refractivity contribution is 7.80. The van der Waals surface area contributed by atoms with Crippen LogP contribution in [0.15, 0.2) is 30.3 Å². The number of ether oxygens (including phenoxy) is 2. The molecule has 0 N–H and O–H groups in total. The van der Waals surface area contributed by atoms with Gasteiger partial charge in [0.2, 0.25) is 0 Å². The smallest absolute Gasteiger partial charge is 0.0542 e. The molecule has 1 saturated heterocycles.